The average molecular weight is 421 g/mol. The first-order valence-electron chi connectivity index (χ1n) is 8.75. The lowest BCUT2D eigenvalue weighted by Gasteiger charge is -2.03. The normalized spacial score (nSPS) is 10.9. The Bertz CT molecular complexity index is 916. The molecule has 3 rings (SSSR count). The summed E-state index contributed by atoms with van der Waals surface area (Å²) in [6, 6.07) is 5.18. The number of aryl methyl sites for hydroxylation is 1. The van der Waals surface area contributed by atoms with Gasteiger partial charge in [-0.3, -0.25) is 0 Å². The molecule has 0 saturated carbocycles. The number of aromatic nitrogens is 4. The molecule has 3 aromatic rings. The van der Waals surface area contributed by atoms with Crippen LogP contribution in [0, 0.1) is 0 Å². The van der Waals surface area contributed by atoms with Crippen LogP contribution < -0.4 is 16.2 Å². The van der Waals surface area contributed by atoms with Gasteiger partial charge in [-0.1, -0.05) is 25.1 Å². The van der Waals surface area contributed by atoms with E-state index in [-0.39, 0.29) is 6.61 Å². The predicted octanol–water partition coefficient (Wildman–Crippen LogP) is 3.75. The van der Waals surface area contributed by atoms with E-state index in [2.05, 4.69) is 21.9 Å². The molecule has 0 saturated heterocycles. The number of anilines is 2. The maximum absolute atomic E-state index is 12.3. The zero-order valence-electron chi connectivity index (χ0n) is 15.4. The van der Waals surface area contributed by atoms with Crippen LogP contribution in [-0.2, 0) is 12.2 Å². The van der Waals surface area contributed by atoms with Crippen molar-refractivity contribution >= 4 is 34.7 Å². The largest absolute Gasteiger partial charge is 0.475 e. The topological polar surface area (TPSA) is 113 Å². The third kappa shape index (κ3) is 5.29. The Morgan fingerprint density at radius 3 is 2.68 bits per heavy atom. The number of thioether (sulfide) groups is 1. The minimum absolute atomic E-state index is 0.0133. The van der Waals surface area contributed by atoms with E-state index in [0.29, 0.717) is 28.4 Å². The van der Waals surface area contributed by atoms with Crippen LogP contribution >= 0.6 is 23.1 Å². The number of pyridine rings is 1. The highest BCUT2D eigenvalue weighted by Gasteiger charge is 2.14. The Labute approximate surface area is 170 Å². The van der Waals surface area contributed by atoms with Gasteiger partial charge in [0.1, 0.15) is 29.9 Å². The van der Waals surface area contributed by atoms with Gasteiger partial charge in [0.2, 0.25) is 5.88 Å². The Kier molecular flexibility index (Phi) is 6.99. The summed E-state index contributed by atoms with van der Waals surface area (Å²) in [6.45, 7) is 1.57. The summed E-state index contributed by atoms with van der Waals surface area (Å²) in [7, 11) is 0. The summed E-state index contributed by atoms with van der Waals surface area (Å²) < 4.78 is 17.6. The first kappa shape index (κ1) is 20.3. The van der Waals surface area contributed by atoms with Gasteiger partial charge in [0, 0.05) is 34.5 Å². The van der Waals surface area contributed by atoms with Gasteiger partial charge < -0.3 is 16.2 Å². The zero-order chi connectivity index (χ0) is 19.9. The number of nitrogen functional groups attached to an aromatic ring is 2. The number of hydrogen-bond donors (Lipinski definition) is 2. The Hall–Kier alpha value is -2.46. The molecular formula is C18H21FN6OS2. The maximum atomic E-state index is 12.3. The highest BCUT2D eigenvalue weighted by Crippen LogP contribution is 2.33. The van der Waals surface area contributed by atoms with Gasteiger partial charge in [-0.05, 0) is 12.5 Å². The van der Waals surface area contributed by atoms with Gasteiger partial charge in [-0.25, -0.2) is 24.3 Å². The van der Waals surface area contributed by atoms with Crippen LogP contribution in [0.15, 0.2) is 29.6 Å². The van der Waals surface area contributed by atoms with Gasteiger partial charge in [-0.2, -0.15) is 0 Å². The van der Waals surface area contributed by atoms with E-state index in [4.69, 9.17) is 21.2 Å². The van der Waals surface area contributed by atoms with Crippen LogP contribution in [0.4, 0.5) is 16.0 Å². The molecule has 0 unspecified atom stereocenters. The Morgan fingerprint density at radius 1 is 1.18 bits per heavy atom. The standard InChI is InChI=1S/C18H21FN6OS2/c1-2-3-13-12(10-27-18-24-14(20)9-15(21)25-18)23-17(28-13)11-4-6-22-16(8-11)26-7-5-19/h4,6,8-9H,2-3,5,7,10H2,1H3,(H4,20,21,24,25). The van der Waals surface area contributed by atoms with Crippen molar-refractivity contribution in [2.75, 3.05) is 24.7 Å². The van der Waals surface area contributed by atoms with Crippen molar-refractivity contribution in [1.82, 2.24) is 19.9 Å². The molecule has 0 fully saturated rings. The molecule has 0 aliphatic carbocycles. The average Bonchev–Trinajstić information content (AvgIpc) is 3.07. The quantitative estimate of drug-likeness (QED) is 0.397. The maximum Gasteiger partial charge on any atom is 0.213 e. The van der Waals surface area contributed by atoms with Gasteiger partial charge >= 0.3 is 0 Å². The van der Waals surface area contributed by atoms with E-state index in [1.165, 1.54) is 22.7 Å². The molecule has 28 heavy (non-hydrogen) atoms. The highest BCUT2D eigenvalue weighted by atomic mass is 32.2. The third-order valence-corrected chi connectivity index (χ3v) is 5.71. The first-order chi connectivity index (χ1) is 13.6. The van der Waals surface area contributed by atoms with Crippen molar-refractivity contribution in [3.63, 3.8) is 0 Å². The molecule has 0 bridgehead atoms. The highest BCUT2D eigenvalue weighted by molar-refractivity contribution is 7.98. The molecule has 0 aliphatic rings. The summed E-state index contributed by atoms with van der Waals surface area (Å²) in [5.41, 5.74) is 13.4. The number of nitrogens with two attached hydrogens (primary N) is 2. The molecule has 0 radical (unpaired) electrons. The number of nitrogens with zero attached hydrogens (tertiary/aromatic N) is 4. The minimum atomic E-state index is -0.554. The van der Waals surface area contributed by atoms with E-state index >= 15 is 0 Å². The molecule has 0 aromatic carbocycles. The number of halogens is 1. The fourth-order valence-electron chi connectivity index (χ4n) is 2.47. The Morgan fingerprint density at radius 2 is 1.96 bits per heavy atom. The van der Waals surface area contributed by atoms with Gasteiger partial charge in [0.15, 0.2) is 5.16 Å². The SMILES string of the molecule is CCCc1sc(-c2ccnc(OCCF)c2)nc1CSc1nc(N)cc(N)n1. The minimum Gasteiger partial charge on any atom is -0.475 e. The van der Waals surface area contributed by atoms with E-state index in [1.54, 1.807) is 23.6 Å². The molecule has 0 aliphatic heterocycles. The van der Waals surface area contributed by atoms with Gasteiger partial charge in [0.25, 0.3) is 0 Å². The smallest absolute Gasteiger partial charge is 0.213 e. The van der Waals surface area contributed by atoms with Crippen molar-refractivity contribution in [2.24, 2.45) is 0 Å². The van der Waals surface area contributed by atoms with Crippen molar-refractivity contribution in [2.45, 2.75) is 30.7 Å². The second kappa shape index (κ2) is 9.65. The van der Waals surface area contributed by atoms with Crippen molar-refractivity contribution in [1.29, 1.82) is 0 Å². The number of thiazole rings is 1. The lowest BCUT2D eigenvalue weighted by molar-refractivity contribution is 0.264. The fraction of sp³-hybridized carbons (Fsp3) is 0.333. The molecule has 0 amide bonds. The van der Waals surface area contributed by atoms with Gasteiger partial charge in [0.05, 0.1) is 5.69 Å². The number of hydrogen-bond acceptors (Lipinski definition) is 9. The third-order valence-electron chi connectivity index (χ3n) is 3.65. The van der Waals surface area contributed by atoms with E-state index in [9.17, 15) is 4.39 Å². The lowest BCUT2D eigenvalue weighted by Crippen LogP contribution is -2.00. The number of ether oxygens (including phenoxy) is 1. The molecule has 3 aromatic heterocycles. The lowest BCUT2D eigenvalue weighted by atomic mass is 10.2. The van der Waals surface area contributed by atoms with Crippen LogP contribution in [0.2, 0.25) is 0 Å². The van der Waals surface area contributed by atoms with E-state index in [0.717, 1.165) is 29.1 Å². The molecule has 0 spiro atoms. The Balaban J connectivity index is 1.81. The van der Waals surface area contributed by atoms with Crippen LogP contribution in [0.25, 0.3) is 10.6 Å². The first-order valence-corrected chi connectivity index (χ1v) is 10.6. The predicted molar refractivity (Wildman–Crippen MR) is 111 cm³/mol. The van der Waals surface area contributed by atoms with E-state index < -0.39 is 6.67 Å². The van der Waals surface area contributed by atoms with Crippen LogP contribution in [0.5, 0.6) is 5.88 Å². The summed E-state index contributed by atoms with van der Waals surface area (Å²) >= 11 is 3.09. The van der Waals surface area contributed by atoms with Crippen molar-refractivity contribution in [3.05, 3.63) is 35.0 Å². The molecule has 3 heterocycles. The zero-order valence-corrected chi connectivity index (χ0v) is 17.0. The summed E-state index contributed by atoms with van der Waals surface area (Å²) in [5, 5.41) is 1.40. The summed E-state index contributed by atoms with van der Waals surface area (Å²) in [6.07, 6.45) is 3.59. The summed E-state index contributed by atoms with van der Waals surface area (Å²) in [5.74, 6) is 1.70. The fourth-order valence-corrected chi connectivity index (χ4v) is 4.58. The van der Waals surface area contributed by atoms with Crippen molar-refractivity contribution in [3.8, 4) is 16.5 Å². The molecule has 148 valence electrons. The van der Waals surface area contributed by atoms with Crippen LogP contribution in [0.3, 0.4) is 0 Å². The molecule has 4 N–H and O–H groups in total. The monoisotopic (exact) mass is 420 g/mol. The molecule has 10 heteroatoms. The second-order valence-electron chi connectivity index (χ2n) is 5.85. The van der Waals surface area contributed by atoms with Crippen molar-refractivity contribution < 1.29 is 9.13 Å². The molecule has 0 atom stereocenters. The van der Waals surface area contributed by atoms with Gasteiger partial charge in [-0.15, -0.1) is 11.3 Å². The number of rotatable bonds is 9. The van der Waals surface area contributed by atoms with Crippen LogP contribution in [-0.4, -0.2) is 33.2 Å². The molecular weight excluding hydrogens is 399 g/mol. The van der Waals surface area contributed by atoms with Crippen LogP contribution in [0.1, 0.15) is 23.9 Å². The molecule has 7 nitrogen and oxygen atoms in total. The van der Waals surface area contributed by atoms with E-state index in [1.807, 2.05) is 6.07 Å². The second-order valence-corrected chi connectivity index (χ2v) is 7.87. The summed E-state index contributed by atoms with van der Waals surface area (Å²) in [4.78, 5) is 18.5. The number of alkyl halides is 1.